The lowest BCUT2D eigenvalue weighted by Gasteiger charge is -2.13. The van der Waals surface area contributed by atoms with Crippen LogP contribution in [0, 0.1) is 5.92 Å². The summed E-state index contributed by atoms with van der Waals surface area (Å²) in [5, 5.41) is 8.71. The number of hydrogen-bond acceptors (Lipinski definition) is 3. The van der Waals surface area contributed by atoms with Crippen molar-refractivity contribution in [1.29, 1.82) is 0 Å². The van der Waals surface area contributed by atoms with Crippen LogP contribution in [-0.4, -0.2) is 37.0 Å². The summed E-state index contributed by atoms with van der Waals surface area (Å²) in [5.41, 5.74) is 0. The molecule has 0 rings (SSSR count). The summed E-state index contributed by atoms with van der Waals surface area (Å²) in [4.78, 5) is 10.6. The van der Waals surface area contributed by atoms with Gasteiger partial charge in [-0.05, 0) is 19.3 Å². The van der Waals surface area contributed by atoms with Gasteiger partial charge in [-0.1, -0.05) is 13.8 Å². The maximum Gasteiger partial charge on any atom is 0.335 e. The molecule has 0 saturated heterocycles. The summed E-state index contributed by atoms with van der Waals surface area (Å²) in [7, 11) is 0. The first-order chi connectivity index (χ1) is 6.57. The fourth-order valence-electron chi connectivity index (χ4n) is 0.901. The zero-order valence-electron chi connectivity index (χ0n) is 9.16. The topological polar surface area (TPSA) is 55.8 Å². The second-order valence-corrected chi connectivity index (χ2v) is 3.54. The molecule has 84 valence electrons. The third-order valence-electron chi connectivity index (χ3n) is 1.75. The summed E-state index contributed by atoms with van der Waals surface area (Å²) < 4.78 is 10.2. The second-order valence-electron chi connectivity index (χ2n) is 3.54. The van der Waals surface area contributed by atoms with Crippen molar-refractivity contribution in [3.05, 3.63) is 0 Å². The van der Waals surface area contributed by atoms with Crippen LogP contribution in [0.2, 0.25) is 0 Å². The highest BCUT2D eigenvalue weighted by Gasteiger charge is 2.17. The van der Waals surface area contributed by atoms with Crippen LogP contribution < -0.4 is 0 Å². The maximum atomic E-state index is 10.6. The minimum absolute atomic E-state index is 0.135. The van der Waals surface area contributed by atoms with E-state index in [-0.39, 0.29) is 6.61 Å². The maximum absolute atomic E-state index is 10.6. The molecule has 0 amide bonds. The largest absolute Gasteiger partial charge is 0.479 e. The SMILES string of the molecule is CCOC(COCCC(C)C)C(=O)O. The average molecular weight is 204 g/mol. The van der Waals surface area contributed by atoms with E-state index < -0.39 is 12.1 Å². The minimum Gasteiger partial charge on any atom is -0.479 e. The molecule has 14 heavy (non-hydrogen) atoms. The first-order valence-electron chi connectivity index (χ1n) is 5.00. The molecule has 0 aromatic carbocycles. The molecule has 0 fully saturated rings. The normalized spacial score (nSPS) is 13.1. The number of carboxylic acids is 1. The van der Waals surface area contributed by atoms with Crippen molar-refractivity contribution in [1.82, 2.24) is 0 Å². The molecule has 0 aromatic heterocycles. The molecular weight excluding hydrogens is 184 g/mol. The van der Waals surface area contributed by atoms with Crippen molar-refractivity contribution in [3.8, 4) is 0 Å². The predicted octanol–water partition coefficient (Wildman–Crippen LogP) is 1.54. The first-order valence-corrected chi connectivity index (χ1v) is 5.00. The Labute approximate surface area is 85.2 Å². The van der Waals surface area contributed by atoms with Crippen molar-refractivity contribution in [2.24, 2.45) is 5.92 Å². The molecule has 0 aliphatic rings. The van der Waals surface area contributed by atoms with E-state index in [0.29, 0.717) is 19.1 Å². The van der Waals surface area contributed by atoms with E-state index in [0.717, 1.165) is 6.42 Å². The van der Waals surface area contributed by atoms with Crippen LogP contribution in [0.1, 0.15) is 27.2 Å². The number of rotatable bonds is 8. The second kappa shape index (κ2) is 7.76. The zero-order valence-corrected chi connectivity index (χ0v) is 9.16. The van der Waals surface area contributed by atoms with Crippen LogP contribution in [0.15, 0.2) is 0 Å². The van der Waals surface area contributed by atoms with Gasteiger partial charge < -0.3 is 14.6 Å². The molecule has 0 saturated carbocycles. The van der Waals surface area contributed by atoms with Crippen molar-refractivity contribution in [2.45, 2.75) is 33.3 Å². The van der Waals surface area contributed by atoms with Crippen LogP contribution in [0.5, 0.6) is 0 Å². The van der Waals surface area contributed by atoms with Gasteiger partial charge in [0.1, 0.15) is 0 Å². The number of carbonyl (C=O) groups is 1. The number of aliphatic carboxylic acids is 1. The fraction of sp³-hybridized carbons (Fsp3) is 0.900. The molecule has 0 bridgehead atoms. The van der Waals surface area contributed by atoms with Gasteiger partial charge in [0.05, 0.1) is 6.61 Å². The Morgan fingerprint density at radius 2 is 2.07 bits per heavy atom. The van der Waals surface area contributed by atoms with Crippen LogP contribution in [0.25, 0.3) is 0 Å². The molecule has 4 nitrogen and oxygen atoms in total. The lowest BCUT2D eigenvalue weighted by molar-refractivity contribution is -0.154. The molecule has 1 N–H and O–H groups in total. The van der Waals surface area contributed by atoms with Gasteiger partial charge in [0.2, 0.25) is 0 Å². The number of hydrogen-bond donors (Lipinski definition) is 1. The highest BCUT2D eigenvalue weighted by atomic mass is 16.5. The first kappa shape index (κ1) is 13.4. The van der Waals surface area contributed by atoms with Crippen LogP contribution in [0.4, 0.5) is 0 Å². The third kappa shape index (κ3) is 6.86. The number of ether oxygens (including phenoxy) is 2. The Morgan fingerprint density at radius 3 is 2.50 bits per heavy atom. The molecule has 0 aliphatic carbocycles. The molecule has 4 heteroatoms. The Balaban J connectivity index is 3.56. The van der Waals surface area contributed by atoms with E-state index in [1.165, 1.54) is 0 Å². The van der Waals surface area contributed by atoms with E-state index in [4.69, 9.17) is 14.6 Å². The molecule has 0 aromatic rings. The summed E-state index contributed by atoms with van der Waals surface area (Å²) in [6, 6.07) is 0. The minimum atomic E-state index is -0.962. The molecule has 0 aliphatic heterocycles. The Kier molecular flexibility index (Phi) is 7.42. The van der Waals surface area contributed by atoms with Crippen LogP contribution in [-0.2, 0) is 14.3 Å². The van der Waals surface area contributed by atoms with Gasteiger partial charge >= 0.3 is 5.97 Å². The summed E-state index contributed by atoms with van der Waals surface area (Å²) in [6.07, 6.45) is 0.116. The van der Waals surface area contributed by atoms with E-state index in [1.807, 2.05) is 0 Å². The van der Waals surface area contributed by atoms with Gasteiger partial charge in [0.15, 0.2) is 6.10 Å². The lowest BCUT2D eigenvalue weighted by Crippen LogP contribution is -2.29. The van der Waals surface area contributed by atoms with Crippen molar-refractivity contribution < 1.29 is 19.4 Å². The summed E-state index contributed by atoms with van der Waals surface area (Å²) in [6.45, 7) is 7.08. The fourth-order valence-corrected chi connectivity index (χ4v) is 0.901. The van der Waals surface area contributed by atoms with Gasteiger partial charge in [-0.25, -0.2) is 4.79 Å². The summed E-state index contributed by atoms with van der Waals surface area (Å²) in [5.74, 6) is -0.387. The van der Waals surface area contributed by atoms with Crippen molar-refractivity contribution >= 4 is 5.97 Å². The van der Waals surface area contributed by atoms with E-state index in [9.17, 15) is 4.79 Å². The predicted molar refractivity (Wildman–Crippen MR) is 53.3 cm³/mol. The standard InChI is InChI=1S/C10H20O4/c1-4-14-9(10(11)12)7-13-6-5-8(2)3/h8-9H,4-7H2,1-3H3,(H,11,12). The molecule has 0 radical (unpaired) electrons. The molecule has 1 unspecified atom stereocenters. The highest BCUT2D eigenvalue weighted by Crippen LogP contribution is 2.00. The van der Waals surface area contributed by atoms with Gasteiger partial charge in [-0.2, -0.15) is 0 Å². The Morgan fingerprint density at radius 1 is 1.43 bits per heavy atom. The molecule has 0 heterocycles. The zero-order chi connectivity index (χ0) is 11.0. The van der Waals surface area contributed by atoms with Crippen molar-refractivity contribution in [3.63, 3.8) is 0 Å². The average Bonchev–Trinajstić information content (AvgIpc) is 2.09. The Bertz CT molecular complexity index is 156. The van der Waals surface area contributed by atoms with E-state index >= 15 is 0 Å². The van der Waals surface area contributed by atoms with Gasteiger partial charge in [-0.3, -0.25) is 0 Å². The van der Waals surface area contributed by atoms with Gasteiger partial charge in [0.25, 0.3) is 0 Å². The smallest absolute Gasteiger partial charge is 0.335 e. The van der Waals surface area contributed by atoms with Crippen molar-refractivity contribution in [2.75, 3.05) is 19.8 Å². The van der Waals surface area contributed by atoms with Gasteiger partial charge in [0, 0.05) is 13.2 Å². The van der Waals surface area contributed by atoms with Gasteiger partial charge in [-0.15, -0.1) is 0 Å². The van der Waals surface area contributed by atoms with E-state index in [2.05, 4.69) is 13.8 Å². The monoisotopic (exact) mass is 204 g/mol. The van der Waals surface area contributed by atoms with E-state index in [1.54, 1.807) is 6.92 Å². The lowest BCUT2D eigenvalue weighted by atomic mass is 10.1. The molecular formula is C10H20O4. The number of carboxylic acid groups (broad SMARTS) is 1. The molecule has 0 spiro atoms. The Hall–Kier alpha value is -0.610. The van der Waals surface area contributed by atoms with Crippen LogP contribution in [0.3, 0.4) is 0 Å². The summed E-state index contributed by atoms with van der Waals surface area (Å²) >= 11 is 0. The highest BCUT2D eigenvalue weighted by molar-refractivity contribution is 5.72. The van der Waals surface area contributed by atoms with Crippen LogP contribution >= 0.6 is 0 Å². The third-order valence-corrected chi connectivity index (χ3v) is 1.75. The quantitative estimate of drug-likeness (QED) is 0.609. The molecule has 1 atom stereocenters.